The lowest BCUT2D eigenvalue weighted by Gasteiger charge is -2.50. The van der Waals surface area contributed by atoms with E-state index in [-0.39, 0.29) is 17.6 Å². The number of halogens is 1. The van der Waals surface area contributed by atoms with Gasteiger partial charge in [0.2, 0.25) is 0 Å². The minimum atomic E-state index is -0.417. The number of rotatable bonds is 2. The number of benzene rings is 1. The quantitative estimate of drug-likeness (QED) is 0.825. The smallest absolute Gasteiger partial charge is 0.124 e. The summed E-state index contributed by atoms with van der Waals surface area (Å²) in [6.45, 7) is 3.93. The van der Waals surface area contributed by atoms with Gasteiger partial charge in [-0.15, -0.1) is 0 Å². The van der Waals surface area contributed by atoms with Gasteiger partial charge in [0.1, 0.15) is 11.9 Å². The monoisotopic (exact) mass is 234 g/mol. The lowest BCUT2D eigenvalue weighted by molar-refractivity contribution is -0.0510. The molecular formula is C13H15FN2O. The molecule has 0 saturated heterocycles. The van der Waals surface area contributed by atoms with Crippen molar-refractivity contribution in [3.8, 4) is 6.07 Å². The van der Waals surface area contributed by atoms with E-state index in [2.05, 4.69) is 5.32 Å². The van der Waals surface area contributed by atoms with Crippen molar-refractivity contribution >= 4 is 5.69 Å². The fraction of sp³-hybridized carbons (Fsp3) is 0.462. The summed E-state index contributed by atoms with van der Waals surface area (Å²) in [5, 5.41) is 21.7. The van der Waals surface area contributed by atoms with Crippen LogP contribution >= 0.6 is 0 Å². The van der Waals surface area contributed by atoms with Crippen LogP contribution < -0.4 is 5.32 Å². The maximum absolute atomic E-state index is 13.0. The van der Waals surface area contributed by atoms with Crippen LogP contribution in [0.4, 0.5) is 10.1 Å². The second-order valence-corrected chi connectivity index (χ2v) is 5.07. The zero-order chi connectivity index (χ0) is 12.6. The molecule has 3 nitrogen and oxygen atoms in total. The molecule has 2 rings (SSSR count). The fourth-order valence-electron chi connectivity index (χ4n) is 2.07. The van der Waals surface area contributed by atoms with E-state index in [1.807, 2.05) is 19.9 Å². The van der Waals surface area contributed by atoms with Crippen LogP contribution in [0.2, 0.25) is 0 Å². The first-order valence-electron chi connectivity index (χ1n) is 5.59. The van der Waals surface area contributed by atoms with Crippen LogP contribution in [0.1, 0.15) is 25.8 Å². The third kappa shape index (κ3) is 1.98. The van der Waals surface area contributed by atoms with Crippen LogP contribution in [-0.2, 0) is 0 Å². The van der Waals surface area contributed by atoms with Crippen LogP contribution in [0.5, 0.6) is 0 Å². The normalized spacial score (nSPS) is 25.8. The molecule has 1 saturated carbocycles. The Labute approximate surface area is 99.9 Å². The highest BCUT2D eigenvalue weighted by atomic mass is 19.1. The Morgan fingerprint density at radius 3 is 2.76 bits per heavy atom. The van der Waals surface area contributed by atoms with Crippen molar-refractivity contribution in [2.45, 2.75) is 32.4 Å². The standard InChI is InChI=1S/C13H15FN2O/c1-13(2)11(6-12(13)17)16-10-4-3-9(14)5-8(10)7-15/h3-5,11-12,16-17H,6H2,1-2H3/t11-,12-/m1/s1. The second-order valence-electron chi connectivity index (χ2n) is 5.07. The summed E-state index contributed by atoms with van der Waals surface area (Å²) in [6.07, 6.45) is 0.320. The van der Waals surface area contributed by atoms with E-state index >= 15 is 0 Å². The van der Waals surface area contributed by atoms with Crippen molar-refractivity contribution in [1.82, 2.24) is 0 Å². The highest BCUT2D eigenvalue weighted by Crippen LogP contribution is 2.42. The molecule has 1 aromatic carbocycles. The summed E-state index contributed by atoms with van der Waals surface area (Å²) in [7, 11) is 0. The summed E-state index contributed by atoms with van der Waals surface area (Å²) in [5.41, 5.74) is 0.697. The van der Waals surface area contributed by atoms with Crippen LogP contribution in [0.3, 0.4) is 0 Å². The Kier molecular flexibility index (Phi) is 2.80. The van der Waals surface area contributed by atoms with Gasteiger partial charge < -0.3 is 10.4 Å². The first kappa shape index (κ1) is 11.9. The van der Waals surface area contributed by atoms with Gasteiger partial charge in [0.25, 0.3) is 0 Å². The van der Waals surface area contributed by atoms with Gasteiger partial charge in [-0.2, -0.15) is 5.26 Å². The molecule has 0 amide bonds. The molecule has 90 valence electrons. The first-order valence-corrected chi connectivity index (χ1v) is 5.59. The molecule has 4 heteroatoms. The van der Waals surface area contributed by atoms with Gasteiger partial charge in [-0.25, -0.2) is 4.39 Å². The number of hydrogen-bond donors (Lipinski definition) is 2. The summed E-state index contributed by atoms with van der Waals surface area (Å²) >= 11 is 0. The van der Waals surface area contributed by atoms with E-state index in [4.69, 9.17) is 5.26 Å². The number of hydrogen-bond acceptors (Lipinski definition) is 3. The minimum Gasteiger partial charge on any atom is -0.392 e. The van der Waals surface area contributed by atoms with Crippen LogP contribution in [0.25, 0.3) is 0 Å². The maximum atomic E-state index is 13.0. The number of nitrogens with one attached hydrogen (secondary N) is 1. The summed E-state index contributed by atoms with van der Waals surface area (Å²) in [4.78, 5) is 0. The molecule has 0 bridgehead atoms. The van der Waals surface area contributed by atoms with Gasteiger partial charge in [0, 0.05) is 11.5 Å². The Balaban J connectivity index is 2.18. The lowest BCUT2D eigenvalue weighted by atomic mass is 9.64. The van der Waals surface area contributed by atoms with E-state index in [0.29, 0.717) is 17.7 Å². The third-order valence-corrected chi connectivity index (χ3v) is 3.65. The van der Waals surface area contributed by atoms with E-state index in [1.54, 1.807) is 6.07 Å². The Morgan fingerprint density at radius 1 is 1.53 bits per heavy atom. The van der Waals surface area contributed by atoms with Gasteiger partial charge >= 0.3 is 0 Å². The largest absolute Gasteiger partial charge is 0.392 e. The highest BCUT2D eigenvalue weighted by molar-refractivity contribution is 5.58. The number of anilines is 1. The zero-order valence-corrected chi connectivity index (χ0v) is 9.87. The predicted molar refractivity (Wildman–Crippen MR) is 62.9 cm³/mol. The molecule has 0 aromatic heterocycles. The Bertz CT molecular complexity index is 479. The molecule has 2 N–H and O–H groups in total. The molecule has 1 aliphatic rings. The van der Waals surface area contributed by atoms with Crippen LogP contribution in [-0.4, -0.2) is 17.3 Å². The number of aliphatic hydroxyl groups excluding tert-OH is 1. The molecule has 1 aliphatic carbocycles. The number of nitrogens with zero attached hydrogens (tertiary/aromatic N) is 1. The van der Waals surface area contributed by atoms with Crippen molar-refractivity contribution in [3.63, 3.8) is 0 Å². The SMILES string of the molecule is CC1(C)[C@H](O)C[C@H]1Nc1ccc(F)cc1C#N. The highest BCUT2D eigenvalue weighted by Gasteiger charge is 2.47. The van der Waals surface area contributed by atoms with Crippen molar-refractivity contribution in [1.29, 1.82) is 5.26 Å². The van der Waals surface area contributed by atoms with Gasteiger partial charge in [-0.1, -0.05) is 13.8 Å². The molecule has 1 aromatic rings. The molecule has 0 aliphatic heterocycles. The second kappa shape index (κ2) is 4.01. The maximum Gasteiger partial charge on any atom is 0.124 e. The Hall–Kier alpha value is -1.60. The van der Waals surface area contributed by atoms with Crippen molar-refractivity contribution < 1.29 is 9.50 Å². The van der Waals surface area contributed by atoms with Crippen molar-refractivity contribution in [3.05, 3.63) is 29.6 Å². The lowest BCUT2D eigenvalue weighted by Crippen LogP contribution is -2.56. The van der Waals surface area contributed by atoms with Crippen LogP contribution in [0, 0.1) is 22.6 Å². The molecule has 2 atom stereocenters. The average Bonchev–Trinajstić information content (AvgIpc) is 2.30. The number of nitriles is 1. The van der Waals surface area contributed by atoms with E-state index in [9.17, 15) is 9.50 Å². The molecule has 0 radical (unpaired) electrons. The Morgan fingerprint density at radius 2 is 2.24 bits per heavy atom. The zero-order valence-electron chi connectivity index (χ0n) is 9.87. The van der Waals surface area contributed by atoms with Gasteiger partial charge in [0.05, 0.1) is 17.4 Å². The first-order chi connectivity index (χ1) is 7.95. The van der Waals surface area contributed by atoms with Gasteiger partial charge in [-0.3, -0.25) is 0 Å². The summed E-state index contributed by atoms with van der Waals surface area (Å²) in [6, 6.07) is 6.17. The third-order valence-electron chi connectivity index (χ3n) is 3.65. The molecule has 17 heavy (non-hydrogen) atoms. The van der Waals surface area contributed by atoms with Crippen molar-refractivity contribution in [2.24, 2.45) is 5.41 Å². The van der Waals surface area contributed by atoms with E-state index < -0.39 is 5.82 Å². The van der Waals surface area contributed by atoms with Gasteiger partial charge in [-0.05, 0) is 24.6 Å². The number of aliphatic hydroxyl groups is 1. The minimum absolute atomic E-state index is 0.107. The van der Waals surface area contributed by atoms with E-state index in [0.717, 1.165) is 0 Å². The molecular weight excluding hydrogens is 219 g/mol. The summed E-state index contributed by atoms with van der Waals surface area (Å²) in [5.74, 6) is -0.417. The average molecular weight is 234 g/mol. The summed E-state index contributed by atoms with van der Waals surface area (Å²) < 4.78 is 13.0. The van der Waals surface area contributed by atoms with Crippen molar-refractivity contribution in [2.75, 3.05) is 5.32 Å². The molecule has 0 spiro atoms. The van der Waals surface area contributed by atoms with Gasteiger partial charge in [0.15, 0.2) is 0 Å². The molecule has 0 unspecified atom stereocenters. The topological polar surface area (TPSA) is 56.0 Å². The van der Waals surface area contributed by atoms with E-state index in [1.165, 1.54) is 12.1 Å². The molecule has 1 fully saturated rings. The molecule has 0 heterocycles. The fourth-order valence-corrected chi connectivity index (χ4v) is 2.07. The predicted octanol–water partition coefficient (Wildman–Crippen LogP) is 2.27. The van der Waals surface area contributed by atoms with Crippen LogP contribution in [0.15, 0.2) is 18.2 Å².